The van der Waals surface area contributed by atoms with Crippen LogP contribution in [0, 0.1) is 13.8 Å². The van der Waals surface area contributed by atoms with E-state index in [2.05, 4.69) is 5.10 Å². The third-order valence-electron chi connectivity index (χ3n) is 5.67. The van der Waals surface area contributed by atoms with Crippen LogP contribution in [0.4, 0.5) is 0 Å². The first-order chi connectivity index (χ1) is 13.6. The average molecular weight is 382 g/mol. The van der Waals surface area contributed by atoms with Gasteiger partial charge in [-0.15, -0.1) is 0 Å². The van der Waals surface area contributed by atoms with E-state index in [1.54, 1.807) is 6.20 Å². The lowest BCUT2D eigenvalue weighted by Gasteiger charge is -2.35. The fourth-order valence-corrected chi connectivity index (χ4v) is 3.94. The Morgan fingerprint density at radius 2 is 1.79 bits per heavy atom. The van der Waals surface area contributed by atoms with Gasteiger partial charge in [0, 0.05) is 32.8 Å². The van der Waals surface area contributed by atoms with E-state index < -0.39 is 0 Å². The molecule has 2 fully saturated rings. The van der Waals surface area contributed by atoms with Gasteiger partial charge in [-0.2, -0.15) is 5.10 Å². The molecule has 4 rings (SSSR count). The molecule has 0 saturated carbocycles. The van der Waals surface area contributed by atoms with Gasteiger partial charge >= 0.3 is 0 Å². The van der Waals surface area contributed by atoms with Crippen LogP contribution in [-0.4, -0.2) is 70.3 Å². The van der Waals surface area contributed by atoms with Gasteiger partial charge in [-0.1, -0.05) is 18.2 Å². The molecule has 0 spiro atoms. The second-order valence-electron chi connectivity index (χ2n) is 7.46. The third kappa shape index (κ3) is 3.42. The van der Waals surface area contributed by atoms with Crippen molar-refractivity contribution in [3.05, 3.63) is 47.3 Å². The van der Waals surface area contributed by atoms with Gasteiger partial charge in [0.1, 0.15) is 6.10 Å². The monoisotopic (exact) mass is 382 g/mol. The predicted molar refractivity (Wildman–Crippen MR) is 104 cm³/mol. The summed E-state index contributed by atoms with van der Waals surface area (Å²) < 4.78 is 7.32. The van der Waals surface area contributed by atoms with Gasteiger partial charge in [0.15, 0.2) is 0 Å². The highest BCUT2D eigenvalue weighted by Crippen LogP contribution is 2.20. The van der Waals surface area contributed by atoms with Crippen LogP contribution >= 0.6 is 0 Å². The van der Waals surface area contributed by atoms with Crippen molar-refractivity contribution in [1.82, 2.24) is 19.6 Å². The zero-order chi connectivity index (χ0) is 19.7. The van der Waals surface area contributed by atoms with E-state index >= 15 is 0 Å². The Morgan fingerprint density at radius 3 is 2.46 bits per heavy atom. The molecule has 1 aromatic heterocycles. The molecule has 1 atom stereocenters. The zero-order valence-electron chi connectivity index (χ0n) is 16.4. The maximum Gasteiger partial charge on any atom is 0.257 e. The Bertz CT molecular complexity index is 878. The molecule has 0 aliphatic carbocycles. The molecule has 148 valence electrons. The Labute approximate surface area is 164 Å². The minimum absolute atomic E-state index is 0.0263. The molecule has 28 heavy (non-hydrogen) atoms. The fourth-order valence-electron chi connectivity index (χ4n) is 3.94. The molecule has 7 heteroatoms. The number of aromatic nitrogens is 2. The number of piperazine rings is 1. The summed E-state index contributed by atoms with van der Waals surface area (Å²) in [6, 6.07) is 7.98. The van der Waals surface area contributed by atoms with Crippen molar-refractivity contribution in [2.75, 3.05) is 32.8 Å². The Balaban J connectivity index is 1.43. The van der Waals surface area contributed by atoms with Crippen molar-refractivity contribution in [2.45, 2.75) is 32.8 Å². The number of carbonyl (C=O) groups excluding carboxylic acids is 2. The van der Waals surface area contributed by atoms with E-state index in [0.29, 0.717) is 38.3 Å². The summed E-state index contributed by atoms with van der Waals surface area (Å²) in [5.41, 5.74) is 3.53. The molecule has 2 amide bonds. The van der Waals surface area contributed by atoms with Gasteiger partial charge in [-0.25, -0.2) is 4.68 Å². The average Bonchev–Trinajstić information content (AvgIpc) is 3.38. The van der Waals surface area contributed by atoms with Gasteiger partial charge in [-0.3, -0.25) is 9.59 Å². The van der Waals surface area contributed by atoms with Crippen LogP contribution in [0.2, 0.25) is 0 Å². The topological polar surface area (TPSA) is 67.7 Å². The molecule has 0 N–H and O–H groups in total. The number of para-hydroxylation sites is 1. The number of hydrogen-bond donors (Lipinski definition) is 0. The maximum atomic E-state index is 13.0. The van der Waals surface area contributed by atoms with Crippen molar-refractivity contribution in [3.8, 4) is 5.69 Å². The number of amides is 2. The van der Waals surface area contributed by atoms with Crippen LogP contribution in [0.25, 0.3) is 5.69 Å². The SMILES string of the molecule is Cc1ccccc1-n1ncc(C(=O)N2CCN(C(=O)C3CCCO3)CC2)c1C. The van der Waals surface area contributed by atoms with Gasteiger partial charge in [0.05, 0.1) is 23.1 Å². The number of ether oxygens (including phenoxy) is 1. The molecule has 2 aliphatic heterocycles. The fraction of sp³-hybridized carbons (Fsp3) is 0.476. The third-order valence-corrected chi connectivity index (χ3v) is 5.67. The van der Waals surface area contributed by atoms with E-state index in [1.165, 1.54) is 0 Å². The number of nitrogens with zero attached hydrogens (tertiary/aromatic N) is 4. The minimum Gasteiger partial charge on any atom is -0.368 e. The maximum absolute atomic E-state index is 13.0. The van der Waals surface area contributed by atoms with Gasteiger partial charge in [-0.05, 0) is 38.3 Å². The van der Waals surface area contributed by atoms with Crippen molar-refractivity contribution in [1.29, 1.82) is 0 Å². The lowest BCUT2D eigenvalue weighted by atomic mass is 10.1. The molecule has 0 radical (unpaired) electrons. The lowest BCUT2D eigenvalue weighted by molar-refractivity contribution is -0.142. The van der Waals surface area contributed by atoms with Crippen molar-refractivity contribution in [2.24, 2.45) is 0 Å². The standard InChI is InChI=1S/C21H26N4O3/c1-15-6-3-4-7-18(15)25-16(2)17(14-22-25)20(26)23-9-11-24(12-10-23)21(27)19-8-5-13-28-19/h3-4,6-7,14,19H,5,8-13H2,1-2H3. The number of rotatable bonds is 3. The predicted octanol–water partition coefficient (Wildman–Crippen LogP) is 1.95. The molecular formula is C21H26N4O3. The molecule has 2 saturated heterocycles. The summed E-state index contributed by atoms with van der Waals surface area (Å²) in [6.07, 6.45) is 3.10. The van der Waals surface area contributed by atoms with Gasteiger partial charge in [0.2, 0.25) is 0 Å². The molecule has 0 bridgehead atoms. The van der Waals surface area contributed by atoms with Gasteiger partial charge in [0.25, 0.3) is 11.8 Å². The van der Waals surface area contributed by atoms with Crippen LogP contribution in [-0.2, 0) is 9.53 Å². The molecule has 2 aromatic rings. The second kappa shape index (κ2) is 7.75. The summed E-state index contributed by atoms with van der Waals surface area (Å²) in [7, 11) is 0. The van der Waals surface area contributed by atoms with Crippen LogP contribution in [0.5, 0.6) is 0 Å². The molecule has 2 aliphatic rings. The first-order valence-corrected chi connectivity index (χ1v) is 9.86. The Kier molecular flexibility index (Phi) is 5.17. The van der Waals surface area contributed by atoms with E-state index in [1.807, 2.05) is 52.6 Å². The number of carbonyl (C=O) groups is 2. The lowest BCUT2D eigenvalue weighted by Crippen LogP contribution is -2.52. The van der Waals surface area contributed by atoms with Crippen LogP contribution in [0.1, 0.15) is 34.5 Å². The first kappa shape index (κ1) is 18.7. The van der Waals surface area contributed by atoms with Crippen LogP contribution in [0.3, 0.4) is 0 Å². The number of hydrogen-bond acceptors (Lipinski definition) is 4. The summed E-state index contributed by atoms with van der Waals surface area (Å²) in [4.78, 5) is 29.1. The quantitative estimate of drug-likeness (QED) is 0.814. The number of benzene rings is 1. The zero-order valence-corrected chi connectivity index (χ0v) is 16.4. The largest absolute Gasteiger partial charge is 0.368 e. The van der Waals surface area contributed by atoms with E-state index in [0.717, 1.165) is 29.8 Å². The summed E-state index contributed by atoms with van der Waals surface area (Å²) >= 11 is 0. The first-order valence-electron chi connectivity index (χ1n) is 9.86. The van der Waals surface area contributed by atoms with Crippen molar-refractivity contribution >= 4 is 11.8 Å². The van der Waals surface area contributed by atoms with Crippen molar-refractivity contribution < 1.29 is 14.3 Å². The van der Waals surface area contributed by atoms with E-state index in [4.69, 9.17) is 4.74 Å². The Morgan fingerprint density at radius 1 is 1.07 bits per heavy atom. The van der Waals surface area contributed by atoms with E-state index in [-0.39, 0.29) is 17.9 Å². The van der Waals surface area contributed by atoms with Crippen molar-refractivity contribution in [3.63, 3.8) is 0 Å². The minimum atomic E-state index is -0.295. The number of aryl methyl sites for hydroxylation is 1. The summed E-state index contributed by atoms with van der Waals surface area (Å²) in [5.74, 6) is 0.0368. The molecule has 7 nitrogen and oxygen atoms in total. The highest BCUT2D eigenvalue weighted by molar-refractivity contribution is 5.95. The smallest absolute Gasteiger partial charge is 0.257 e. The normalized spacial score (nSPS) is 19.9. The molecular weight excluding hydrogens is 356 g/mol. The second-order valence-corrected chi connectivity index (χ2v) is 7.46. The summed E-state index contributed by atoms with van der Waals surface area (Å²) in [6.45, 7) is 6.79. The van der Waals surface area contributed by atoms with Crippen LogP contribution < -0.4 is 0 Å². The molecule has 1 unspecified atom stereocenters. The Hall–Kier alpha value is -2.67. The molecule has 3 heterocycles. The van der Waals surface area contributed by atoms with Gasteiger partial charge < -0.3 is 14.5 Å². The molecule has 1 aromatic carbocycles. The summed E-state index contributed by atoms with van der Waals surface area (Å²) in [5, 5.41) is 4.45. The highest BCUT2D eigenvalue weighted by Gasteiger charge is 2.32. The van der Waals surface area contributed by atoms with Crippen LogP contribution in [0.15, 0.2) is 30.5 Å². The van der Waals surface area contributed by atoms with E-state index in [9.17, 15) is 9.59 Å². The highest BCUT2D eigenvalue weighted by atomic mass is 16.5.